The molecule has 0 bridgehead atoms. The first-order valence-electron chi connectivity index (χ1n) is 6.91. The minimum Gasteiger partial charge on any atom is -0.366 e. The van der Waals surface area contributed by atoms with Crippen LogP contribution in [0, 0.1) is 6.92 Å². The van der Waals surface area contributed by atoms with E-state index in [0.29, 0.717) is 6.04 Å². The minimum absolute atomic E-state index is 0.619. The number of nitrogens with zero attached hydrogens (tertiary/aromatic N) is 2. The largest absolute Gasteiger partial charge is 0.366 e. The molecule has 98 valence electrons. The van der Waals surface area contributed by atoms with Crippen LogP contribution in [0.15, 0.2) is 22.7 Å². The van der Waals surface area contributed by atoms with E-state index in [-0.39, 0.29) is 0 Å². The van der Waals surface area contributed by atoms with Gasteiger partial charge in [-0.3, -0.25) is 4.90 Å². The van der Waals surface area contributed by atoms with Gasteiger partial charge < -0.3 is 4.90 Å². The number of anilines is 1. The van der Waals surface area contributed by atoms with Crippen LogP contribution >= 0.6 is 15.9 Å². The molecular formula is C15H21BrN2. The lowest BCUT2D eigenvalue weighted by Gasteiger charge is -2.43. The molecule has 2 aliphatic heterocycles. The number of rotatable bonds is 1. The number of hydrogen-bond acceptors (Lipinski definition) is 2. The van der Waals surface area contributed by atoms with Gasteiger partial charge in [0, 0.05) is 35.3 Å². The Kier molecular flexibility index (Phi) is 3.37. The highest BCUT2D eigenvalue weighted by Gasteiger charge is 2.34. The topological polar surface area (TPSA) is 6.48 Å². The van der Waals surface area contributed by atoms with Gasteiger partial charge in [0.2, 0.25) is 0 Å². The molecule has 2 aliphatic rings. The lowest BCUT2D eigenvalue weighted by molar-refractivity contribution is 0.203. The van der Waals surface area contributed by atoms with Gasteiger partial charge >= 0.3 is 0 Å². The third-order valence-corrected chi connectivity index (χ3v) is 4.75. The number of benzene rings is 1. The van der Waals surface area contributed by atoms with Crippen molar-refractivity contribution in [2.45, 2.75) is 38.8 Å². The lowest BCUT2D eigenvalue weighted by Crippen LogP contribution is -2.55. The van der Waals surface area contributed by atoms with Crippen molar-refractivity contribution < 1.29 is 0 Å². The van der Waals surface area contributed by atoms with Crippen LogP contribution in [-0.2, 0) is 0 Å². The molecule has 2 saturated heterocycles. The van der Waals surface area contributed by atoms with E-state index in [2.05, 4.69) is 57.8 Å². The molecule has 0 N–H and O–H groups in total. The third-order valence-electron chi connectivity index (χ3n) is 4.30. The summed E-state index contributed by atoms with van der Waals surface area (Å²) in [4.78, 5) is 5.26. The Morgan fingerprint density at radius 1 is 1.22 bits per heavy atom. The highest BCUT2D eigenvalue weighted by atomic mass is 79.9. The van der Waals surface area contributed by atoms with Crippen LogP contribution in [0.2, 0.25) is 0 Å². The van der Waals surface area contributed by atoms with Gasteiger partial charge in [-0.25, -0.2) is 0 Å². The Morgan fingerprint density at radius 2 is 2.06 bits per heavy atom. The first kappa shape index (κ1) is 12.5. The van der Waals surface area contributed by atoms with E-state index in [1.165, 1.54) is 48.2 Å². The molecule has 0 saturated carbocycles. The molecule has 0 aromatic heterocycles. The molecule has 1 aromatic rings. The van der Waals surface area contributed by atoms with Gasteiger partial charge in [-0.05, 0) is 57.0 Å². The molecular weight excluding hydrogens is 288 g/mol. The van der Waals surface area contributed by atoms with Gasteiger partial charge in [0.25, 0.3) is 0 Å². The molecule has 2 unspecified atom stereocenters. The fraction of sp³-hybridized carbons (Fsp3) is 0.600. The summed E-state index contributed by atoms with van der Waals surface area (Å²) in [5, 5.41) is 0. The molecule has 2 heterocycles. The van der Waals surface area contributed by atoms with Gasteiger partial charge in [0.15, 0.2) is 0 Å². The predicted molar refractivity (Wildman–Crippen MR) is 80.3 cm³/mol. The maximum atomic E-state index is 3.62. The number of piperazine rings is 1. The van der Waals surface area contributed by atoms with E-state index in [1.807, 2.05) is 0 Å². The normalized spacial score (nSPS) is 28.5. The van der Waals surface area contributed by atoms with Crippen LogP contribution in [0.4, 0.5) is 5.69 Å². The number of aryl methyl sites for hydroxylation is 1. The van der Waals surface area contributed by atoms with Crippen LogP contribution < -0.4 is 4.90 Å². The number of halogens is 1. The summed E-state index contributed by atoms with van der Waals surface area (Å²) >= 11 is 3.62. The van der Waals surface area contributed by atoms with Gasteiger partial charge in [-0.1, -0.05) is 15.9 Å². The first-order valence-corrected chi connectivity index (χ1v) is 7.70. The summed E-state index contributed by atoms with van der Waals surface area (Å²) in [6.45, 7) is 8.24. The summed E-state index contributed by atoms with van der Waals surface area (Å²) in [7, 11) is 0. The van der Waals surface area contributed by atoms with Crippen molar-refractivity contribution in [3.05, 3.63) is 28.2 Å². The Labute approximate surface area is 118 Å². The second-order valence-corrected chi connectivity index (χ2v) is 6.69. The van der Waals surface area contributed by atoms with Crippen molar-refractivity contribution in [3.8, 4) is 0 Å². The van der Waals surface area contributed by atoms with Crippen molar-refractivity contribution in [2.75, 3.05) is 24.5 Å². The molecule has 3 heteroatoms. The minimum atomic E-state index is 0.619. The third kappa shape index (κ3) is 2.30. The van der Waals surface area contributed by atoms with Crippen LogP contribution in [0.25, 0.3) is 0 Å². The molecule has 18 heavy (non-hydrogen) atoms. The average molecular weight is 309 g/mol. The smallest absolute Gasteiger partial charge is 0.0389 e. The summed E-state index contributed by atoms with van der Waals surface area (Å²) in [5.41, 5.74) is 2.71. The van der Waals surface area contributed by atoms with Crippen LogP contribution in [0.3, 0.4) is 0 Å². The fourth-order valence-electron chi connectivity index (χ4n) is 3.43. The fourth-order valence-corrected chi connectivity index (χ4v) is 4.03. The van der Waals surface area contributed by atoms with E-state index >= 15 is 0 Å². The second-order valence-electron chi connectivity index (χ2n) is 5.78. The zero-order valence-electron chi connectivity index (χ0n) is 11.2. The Hall–Kier alpha value is -0.540. The second kappa shape index (κ2) is 4.86. The molecule has 0 spiro atoms. The average Bonchev–Trinajstić information content (AvgIpc) is 2.73. The van der Waals surface area contributed by atoms with Gasteiger partial charge in [-0.2, -0.15) is 0 Å². The van der Waals surface area contributed by atoms with Crippen LogP contribution in [0.1, 0.15) is 25.3 Å². The lowest BCUT2D eigenvalue weighted by atomic mass is 10.1. The highest BCUT2D eigenvalue weighted by Crippen LogP contribution is 2.30. The number of fused-ring (bicyclic) bond motifs is 1. The molecule has 0 radical (unpaired) electrons. The van der Waals surface area contributed by atoms with Crippen LogP contribution in [0.5, 0.6) is 0 Å². The summed E-state index contributed by atoms with van der Waals surface area (Å²) in [5.74, 6) is 0. The standard InChI is InChI=1S/C15H21BrN2/c1-11-6-13(16)8-15(7-11)18-10-14-4-3-5-17(14)9-12(18)2/h6-8,12,14H,3-5,9-10H2,1-2H3. The van der Waals surface area contributed by atoms with E-state index in [1.54, 1.807) is 0 Å². The molecule has 2 nitrogen and oxygen atoms in total. The van der Waals surface area contributed by atoms with Crippen molar-refractivity contribution in [1.29, 1.82) is 0 Å². The Bertz CT molecular complexity index is 426. The molecule has 2 fully saturated rings. The maximum absolute atomic E-state index is 3.62. The summed E-state index contributed by atoms with van der Waals surface area (Å²) in [6, 6.07) is 8.15. The van der Waals surface area contributed by atoms with Crippen molar-refractivity contribution in [3.63, 3.8) is 0 Å². The Morgan fingerprint density at radius 3 is 2.83 bits per heavy atom. The monoisotopic (exact) mass is 308 g/mol. The maximum Gasteiger partial charge on any atom is 0.0389 e. The predicted octanol–water partition coefficient (Wildman–Crippen LogP) is 3.43. The van der Waals surface area contributed by atoms with Crippen molar-refractivity contribution in [2.24, 2.45) is 0 Å². The SMILES string of the molecule is Cc1cc(Br)cc(N2CC3CCCN3CC2C)c1. The Balaban J connectivity index is 1.86. The summed E-state index contributed by atoms with van der Waals surface area (Å²) in [6.07, 6.45) is 2.75. The number of hydrogen-bond donors (Lipinski definition) is 0. The van der Waals surface area contributed by atoms with Crippen LogP contribution in [-0.4, -0.2) is 36.6 Å². The van der Waals surface area contributed by atoms with Crippen molar-refractivity contribution >= 4 is 21.6 Å². The zero-order chi connectivity index (χ0) is 12.7. The molecule has 0 amide bonds. The van der Waals surface area contributed by atoms with Crippen molar-refractivity contribution in [1.82, 2.24) is 4.90 Å². The van der Waals surface area contributed by atoms with Gasteiger partial charge in [0.05, 0.1) is 0 Å². The van der Waals surface area contributed by atoms with E-state index < -0.39 is 0 Å². The molecule has 1 aromatic carbocycles. The zero-order valence-corrected chi connectivity index (χ0v) is 12.8. The molecule has 3 rings (SSSR count). The highest BCUT2D eigenvalue weighted by molar-refractivity contribution is 9.10. The summed E-state index contributed by atoms with van der Waals surface area (Å²) < 4.78 is 1.19. The molecule has 0 aliphatic carbocycles. The van der Waals surface area contributed by atoms with E-state index in [4.69, 9.17) is 0 Å². The van der Waals surface area contributed by atoms with Gasteiger partial charge in [-0.15, -0.1) is 0 Å². The van der Waals surface area contributed by atoms with E-state index in [0.717, 1.165) is 6.04 Å². The van der Waals surface area contributed by atoms with E-state index in [9.17, 15) is 0 Å². The first-order chi connectivity index (χ1) is 8.63. The van der Waals surface area contributed by atoms with Gasteiger partial charge in [0.1, 0.15) is 0 Å². The quantitative estimate of drug-likeness (QED) is 0.784. The molecule has 2 atom stereocenters.